The van der Waals surface area contributed by atoms with Crippen molar-refractivity contribution in [3.63, 3.8) is 0 Å². The van der Waals surface area contributed by atoms with Gasteiger partial charge in [-0.2, -0.15) is 5.10 Å². The molecule has 5 heteroatoms. The summed E-state index contributed by atoms with van der Waals surface area (Å²) in [5, 5.41) is 4.75. The Morgan fingerprint density at radius 2 is 1.72 bits per heavy atom. The Labute approximate surface area is 167 Å². The molecule has 1 heterocycles. The highest BCUT2D eigenvalue weighted by Crippen LogP contribution is 2.25. The van der Waals surface area contributed by atoms with Crippen molar-refractivity contribution in [3.8, 4) is 11.3 Å². The summed E-state index contributed by atoms with van der Waals surface area (Å²) in [6, 6.07) is 23.1. The van der Waals surface area contributed by atoms with Crippen LogP contribution in [-0.4, -0.2) is 17.1 Å². The average Bonchev–Trinajstić information content (AvgIpc) is 2.75. The minimum Gasteiger partial charge on any atom is -0.267 e. The maximum absolute atomic E-state index is 13.0. The fourth-order valence-corrected chi connectivity index (χ4v) is 3.01. The molecule has 0 unspecified atom stereocenters. The third-order valence-corrected chi connectivity index (χ3v) is 4.56. The summed E-state index contributed by atoms with van der Waals surface area (Å²) in [6.07, 6.45) is 1.47. The van der Waals surface area contributed by atoms with Gasteiger partial charge in [-0.15, -0.1) is 0 Å². The van der Waals surface area contributed by atoms with Crippen LogP contribution in [0.5, 0.6) is 0 Å². The van der Waals surface area contributed by atoms with Crippen LogP contribution < -0.4 is 5.43 Å². The van der Waals surface area contributed by atoms with Crippen molar-refractivity contribution >= 4 is 23.0 Å². The molecule has 0 atom stereocenters. The molecule has 1 N–H and O–H groups in total. The van der Waals surface area contributed by atoms with Gasteiger partial charge < -0.3 is 0 Å². The zero-order chi connectivity index (χ0) is 20.2. The molecule has 4 nitrogen and oxygen atoms in total. The number of aromatic nitrogens is 1. The van der Waals surface area contributed by atoms with Crippen molar-refractivity contribution in [1.29, 1.82) is 0 Å². The summed E-state index contributed by atoms with van der Waals surface area (Å²) >= 11 is 0. The molecule has 1 aromatic heterocycles. The molecular weight excluding hydrogens is 365 g/mol. The van der Waals surface area contributed by atoms with E-state index in [-0.39, 0.29) is 11.7 Å². The number of halogens is 1. The Morgan fingerprint density at radius 3 is 2.48 bits per heavy atom. The molecule has 29 heavy (non-hydrogen) atoms. The Bertz CT molecular complexity index is 1200. The molecule has 4 aromatic rings. The highest BCUT2D eigenvalue weighted by atomic mass is 19.1. The number of fused-ring (bicyclic) bond motifs is 1. The number of benzene rings is 3. The predicted molar refractivity (Wildman–Crippen MR) is 113 cm³/mol. The number of nitrogens with zero attached hydrogens (tertiary/aromatic N) is 2. The van der Waals surface area contributed by atoms with E-state index in [1.54, 1.807) is 18.2 Å². The SMILES string of the molecule is Cc1ccc(-c2cc(C(=O)N/N=C\c3ccc(F)cc3)c3ccccc3n2)cc1. The summed E-state index contributed by atoms with van der Waals surface area (Å²) in [5.74, 6) is -0.659. The molecule has 0 aliphatic rings. The van der Waals surface area contributed by atoms with Crippen molar-refractivity contribution in [2.45, 2.75) is 6.92 Å². The van der Waals surface area contributed by atoms with Crippen LogP contribution >= 0.6 is 0 Å². The Kier molecular flexibility index (Phi) is 5.12. The summed E-state index contributed by atoms with van der Waals surface area (Å²) in [7, 11) is 0. The first kappa shape index (κ1) is 18.5. The van der Waals surface area contributed by atoms with Gasteiger partial charge in [-0.3, -0.25) is 4.79 Å². The minimum absolute atomic E-state index is 0.321. The van der Waals surface area contributed by atoms with Crippen molar-refractivity contribution in [2.24, 2.45) is 5.10 Å². The Hall–Kier alpha value is -3.86. The van der Waals surface area contributed by atoms with Gasteiger partial charge in [0.1, 0.15) is 5.82 Å². The van der Waals surface area contributed by atoms with E-state index in [0.717, 1.165) is 27.7 Å². The lowest BCUT2D eigenvalue weighted by Gasteiger charge is -2.09. The number of rotatable bonds is 4. The van der Waals surface area contributed by atoms with Crippen molar-refractivity contribution < 1.29 is 9.18 Å². The molecular formula is C24H18FN3O. The van der Waals surface area contributed by atoms with Crippen LogP contribution in [0.15, 0.2) is 84.0 Å². The van der Waals surface area contributed by atoms with E-state index < -0.39 is 0 Å². The smallest absolute Gasteiger partial charge is 0.267 e. The highest BCUT2D eigenvalue weighted by molar-refractivity contribution is 6.07. The molecule has 4 rings (SSSR count). The Balaban J connectivity index is 1.67. The van der Waals surface area contributed by atoms with Gasteiger partial charge in [0.2, 0.25) is 0 Å². The largest absolute Gasteiger partial charge is 0.272 e. The third kappa shape index (κ3) is 4.19. The lowest BCUT2D eigenvalue weighted by Crippen LogP contribution is -2.18. The molecule has 0 fully saturated rings. The number of pyridine rings is 1. The number of carbonyl (C=O) groups is 1. The van der Waals surface area contributed by atoms with Gasteiger partial charge >= 0.3 is 0 Å². The number of carbonyl (C=O) groups excluding carboxylic acids is 1. The van der Waals surface area contributed by atoms with Gasteiger partial charge in [-0.1, -0.05) is 60.2 Å². The average molecular weight is 383 g/mol. The van der Waals surface area contributed by atoms with Crippen LogP contribution in [0.4, 0.5) is 4.39 Å². The van der Waals surface area contributed by atoms with Gasteiger partial charge in [-0.25, -0.2) is 14.8 Å². The summed E-state index contributed by atoms with van der Waals surface area (Å²) in [5.41, 5.74) is 7.27. The van der Waals surface area contributed by atoms with Gasteiger partial charge in [0.15, 0.2) is 0 Å². The minimum atomic E-state index is -0.338. The lowest BCUT2D eigenvalue weighted by atomic mass is 10.0. The standard InChI is InChI=1S/C24H18FN3O/c1-16-6-10-18(11-7-16)23-14-21(20-4-2-3-5-22(20)27-23)24(29)28-26-15-17-8-12-19(25)13-9-17/h2-15H,1H3,(H,28,29)/b26-15-. The van der Waals surface area contributed by atoms with Crippen LogP contribution in [0.3, 0.4) is 0 Å². The predicted octanol–water partition coefficient (Wildman–Crippen LogP) is 5.11. The number of hydrogen-bond donors (Lipinski definition) is 1. The van der Waals surface area contributed by atoms with Crippen LogP contribution in [0.1, 0.15) is 21.5 Å². The fraction of sp³-hybridized carbons (Fsp3) is 0.0417. The number of hydrazone groups is 1. The maximum Gasteiger partial charge on any atom is 0.272 e. The zero-order valence-electron chi connectivity index (χ0n) is 15.8. The number of hydrogen-bond acceptors (Lipinski definition) is 3. The van der Waals surface area contributed by atoms with Gasteiger partial charge in [0.25, 0.3) is 5.91 Å². The van der Waals surface area contributed by atoms with Crippen molar-refractivity contribution in [2.75, 3.05) is 0 Å². The van der Waals surface area contributed by atoms with Gasteiger partial charge in [0.05, 0.1) is 23.0 Å². The molecule has 0 saturated heterocycles. The molecule has 3 aromatic carbocycles. The first-order valence-electron chi connectivity index (χ1n) is 9.16. The molecule has 0 spiro atoms. The molecule has 0 radical (unpaired) electrons. The third-order valence-electron chi connectivity index (χ3n) is 4.56. The van der Waals surface area contributed by atoms with Crippen molar-refractivity contribution in [3.05, 3.63) is 101 Å². The number of amides is 1. The monoisotopic (exact) mass is 383 g/mol. The van der Waals surface area contributed by atoms with Crippen LogP contribution in [0.25, 0.3) is 22.2 Å². The number of nitrogens with one attached hydrogen (secondary N) is 1. The van der Waals surface area contributed by atoms with Gasteiger partial charge in [0, 0.05) is 10.9 Å². The van der Waals surface area contributed by atoms with E-state index in [9.17, 15) is 9.18 Å². The lowest BCUT2D eigenvalue weighted by molar-refractivity contribution is 0.0956. The molecule has 0 bridgehead atoms. The van der Waals surface area contributed by atoms with E-state index >= 15 is 0 Å². The first-order chi connectivity index (χ1) is 14.1. The number of aryl methyl sites for hydroxylation is 1. The van der Waals surface area contributed by atoms with E-state index in [0.29, 0.717) is 11.1 Å². The highest BCUT2D eigenvalue weighted by Gasteiger charge is 2.13. The van der Waals surface area contributed by atoms with Crippen LogP contribution in [0.2, 0.25) is 0 Å². The zero-order valence-corrected chi connectivity index (χ0v) is 15.8. The van der Waals surface area contributed by atoms with E-state index in [1.165, 1.54) is 18.3 Å². The molecule has 0 aliphatic heterocycles. The van der Waals surface area contributed by atoms with E-state index in [1.807, 2.05) is 55.5 Å². The second-order valence-electron chi connectivity index (χ2n) is 6.69. The fourth-order valence-electron chi connectivity index (χ4n) is 3.01. The second kappa shape index (κ2) is 8.02. The van der Waals surface area contributed by atoms with Crippen LogP contribution in [0, 0.1) is 12.7 Å². The maximum atomic E-state index is 13.0. The Morgan fingerprint density at radius 1 is 1.00 bits per heavy atom. The molecule has 0 aliphatic carbocycles. The van der Waals surface area contributed by atoms with E-state index in [2.05, 4.69) is 10.5 Å². The summed E-state index contributed by atoms with van der Waals surface area (Å²) < 4.78 is 13.0. The summed E-state index contributed by atoms with van der Waals surface area (Å²) in [6.45, 7) is 2.02. The molecule has 142 valence electrons. The van der Waals surface area contributed by atoms with E-state index in [4.69, 9.17) is 4.98 Å². The van der Waals surface area contributed by atoms with Gasteiger partial charge in [-0.05, 0) is 36.8 Å². The molecule has 0 saturated carbocycles. The quantitative estimate of drug-likeness (QED) is 0.393. The number of para-hydroxylation sites is 1. The topological polar surface area (TPSA) is 54.4 Å². The normalized spacial score (nSPS) is 11.1. The summed E-state index contributed by atoms with van der Waals surface area (Å²) in [4.78, 5) is 17.5. The van der Waals surface area contributed by atoms with Crippen molar-refractivity contribution in [1.82, 2.24) is 10.4 Å². The molecule has 1 amide bonds. The first-order valence-corrected chi connectivity index (χ1v) is 9.16. The van der Waals surface area contributed by atoms with Crippen LogP contribution in [-0.2, 0) is 0 Å². The second-order valence-corrected chi connectivity index (χ2v) is 6.69.